The second-order valence-electron chi connectivity index (χ2n) is 8.89. The van der Waals surface area contributed by atoms with Gasteiger partial charge in [-0.1, -0.05) is 83.1 Å². The summed E-state index contributed by atoms with van der Waals surface area (Å²) in [6.07, 6.45) is 2.48. The molecule has 0 saturated heterocycles. The van der Waals surface area contributed by atoms with Gasteiger partial charge in [0.05, 0.1) is 0 Å². The van der Waals surface area contributed by atoms with Gasteiger partial charge >= 0.3 is 0 Å². The zero-order valence-electron chi connectivity index (χ0n) is 16.1. The molecule has 0 atom stereocenters. The largest absolute Gasteiger partial charge is 0.0587 e. The minimum Gasteiger partial charge on any atom is -0.0587 e. The summed E-state index contributed by atoms with van der Waals surface area (Å²) in [5.41, 5.74) is 8.83. The molecule has 0 heterocycles. The molecule has 0 bridgehead atoms. The van der Waals surface area contributed by atoms with Crippen LogP contribution in [0.15, 0.2) is 48.5 Å². The van der Waals surface area contributed by atoms with Crippen LogP contribution in [-0.4, -0.2) is 0 Å². The van der Waals surface area contributed by atoms with Crippen molar-refractivity contribution in [2.45, 2.75) is 58.8 Å². The molecule has 0 saturated carbocycles. The molecule has 0 N–H and O–H groups in total. The minimum absolute atomic E-state index is 0.169. The van der Waals surface area contributed by atoms with E-state index < -0.39 is 0 Å². The van der Waals surface area contributed by atoms with Crippen molar-refractivity contribution in [3.8, 4) is 11.1 Å². The first-order valence-electron chi connectivity index (χ1n) is 9.53. The molecule has 0 amide bonds. The highest BCUT2D eigenvalue weighted by molar-refractivity contribution is 5.98. The van der Waals surface area contributed by atoms with E-state index in [1.165, 1.54) is 57.0 Å². The van der Waals surface area contributed by atoms with Crippen LogP contribution >= 0.6 is 0 Å². The standard InChI is InChI=1S/C25H28/c1-16(2)21-13-20-10-11-22(25(3,4)5)15-24(20)23(14-21)19-9-7-17-6-8-18(17)12-19/h7,9-16H,6,8H2,1-5H3. The highest BCUT2D eigenvalue weighted by Crippen LogP contribution is 2.37. The van der Waals surface area contributed by atoms with Gasteiger partial charge in [0, 0.05) is 0 Å². The van der Waals surface area contributed by atoms with Crippen molar-refractivity contribution in [1.29, 1.82) is 0 Å². The molecule has 0 radical (unpaired) electrons. The third kappa shape index (κ3) is 2.88. The summed E-state index contributed by atoms with van der Waals surface area (Å²) in [7, 11) is 0. The van der Waals surface area contributed by atoms with E-state index in [9.17, 15) is 0 Å². The van der Waals surface area contributed by atoms with E-state index in [2.05, 4.69) is 83.1 Å². The van der Waals surface area contributed by atoms with Crippen molar-refractivity contribution in [1.82, 2.24) is 0 Å². The van der Waals surface area contributed by atoms with Crippen molar-refractivity contribution in [2.24, 2.45) is 0 Å². The first-order chi connectivity index (χ1) is 11.8. The predicted octanol–water partition coefficient (Wildman–Crippen LogP) is 7.03. The van der Waals surface area contributed by atoms with E-state index in [1.54, 1.807) is 0 Å². The molecule has 0 heteroatoms. The molecule has 0 fully saturated rings. The Hall–Kier alpha value is -2.08. The number of rotatable bonds is 2. The van der Waals surface area contributed by atoms with Crippen LogP contribution < -0.4 is 0 Å². The van der Waals surface area contributed by atoms with Crippen molar-refractivity contribution in [3.63, 3.8) is 0 Å². The zero-order valence-corrected chi connectivity index (χ0v) is 16.1. The fourth-order valence-electron chi connectivity index (χ4n) is 3.78. The monoisotopic (exact) mass is 328 g/mol. The molecule has 1 aliphatic rings. The average molecular weight is 328 g/mol. The molecule has 0 unspecified atom stereocenters. The lowest BCUT2D eigenvalue weighted by molar-refractivity contribution is 0.591. The highest BCUT2D eigenvalue weighted by Gasteiger charge is 2.18. The molecule has 25 heavy (non-hydrogen) atoms. The van der Waals surface area contributed by atoms with Crippen molar-refractivity contribution < 1.29 is 0 Å². The zero-order chi connectivity index (χ0) is 17.8. The van der Waals surface area contributed by atoms with Gasteiger partial charge in [-0.25, -0.2) is 0 Å². The first-order valence-corrected chi connectivity index (χ1v) is 9.53. The van der Waals surface area contributed by atoms with Gasteiger partial charge in [-0.2, -0.15) is 0 Å². The maximum atomic E-state index is 2.42. The number of hydrogen-bond acceptors (Lipinski definition) is 0. The summed E-state index contributed by atoms with van der Waals surface area (Å²) in [6, 6.07) is 18.9. The summed E-state index contributed by atoms with van der Waals surface area (Å²) in [5, 5.41) is 2.74. The van der Waals surface area contributed by atoms with Crippen LogP contribution in [0.2, 0.25) is 0 Å². The number of aryl methyl sites for hydroxylation is 2. The second-order valence-corrected chi connectivity index (χ2v) is 8.89. The second kappa shape index (κ2) is 5.73. The Labute approximate surface area is 151 Å². The third-order valence-electron chi connectivity index (χ3n) is 5.69. The molecule has 3 aromatic carbocycles. The lowest BCUT2D eigenvalue weighted by atomic mass is 9.82. The summed E-state index contributed by atoms with van der Waals surface area (Å²) in [5.74, 6) is 0.539. The van der Waals surface area contributed by atoms with Gasteiger partial charge in [-0.15, -0.1) is 0 Å². The summed E-state index contributed by atoms with van der Waals surface area (Å²) >= 11 is 0. The molecule has 0 aliphatic heterocycles. The van der Waals surface area contributed by atoms with Crippen LogP contribution in [0.5, 0.6) is 0 Å². The Balaban J connectivity index is 1.99. The molecular weight excluding hydrogens is 300 g/mol. The average Bonchev–Trinajstić information content (AvgIpc) is 2.53. The third-order valence-corrected chi connectivity index (χ3v) is 5.69. The Morgan fingerprint density at radius 3 is 2.16 bits per heavy atom. The topological polar surface area (TPSA) is 0 Å². The Morgan fingerprint density at radius 1 is 0.800 bits per heavy atom. The lowest BCUT2D eigenvalue weighted by Gasteiger charge is -2.23. The summed E-state index contributed by atoms with van der Waals surface area (Å²) < 4.78 is 0. The maximum absolute atomic E-state index is 2.42. The van der Waals surface area contributed by atoms with Gasteiger partial charge in [-0.3, -0.25) is 0 Å². The van der Waals surface area contributed by atoms with E-state index in [1.807, 2.05) is 0 Å². The molecule has 4 rings (SSSR count). The molecule has 0 aromatic heterocycles. The molecule has 0 nitrogen and oxygen atoms in total. The molecular formula is C25H28. The van der Waals surface area contributed by atoms with Crippen molar-refractivity contribution in [2.75, 3.05) is 0 Å². The van der Waals surface area contributed by atoms with Gasteiger partial charge in [0.25, 0.3) is 0 Å². The Morgan fingerprint density at radius 2 is 1.56 bits per heavy atom. The molecule has 128 valence electrons. The molecule has 0 spiro atoms. The molecule has 3 aromatic rings. The normalized spacial score (nSPS) is 13.8. The van der Waals surface area contributed by atoms with Crippen molar-refractivity contribution in [3.05, 3.63) is 70.8 Å². The number of fused-ring (bicyclic) bond motifs is 2. The Bertz CT molecular complexity index is 952. The van der Waals surface area contributed by atoms with Crippen LogP contribution in [0.25, 0.3) is 21.9 Å². The van der Waals surface area contributed by atoms with E-state index in [-0.39, 0.29) is 5.41 Å². The van der Waals surface area contributed by atoms with E-state index in [0.717, 1.165) is 0 Å². The Kier molecular flexibility index (Phi) is 3.76. The quantitative estimate of drug-likeness (QED) is 0.474. The van der Waals surface area contributed by atoms with Gasteiger partial charge in [0.15, 0.2) is 0 Å². The highest BCUT2D eigenvalue weighted by atomic mass is 14.2. The van der Waals surface area contributed by atoms with Gasteiger partial charge in [0.2, 0.25) is 0 Å². The van der Waals surface area contributed by atoms with Crippen LogP contribution in [0.3, 0.4) is 0 Å². The summed E-state index contributed by atoms with van der Waals surface area (Å²) in [4.78, 5) is 0. The predicted molar refractivity (Wildman–Crippen MR) is 110 cm³/mol. The first kappa shape index (κ1) is 16.4. The van der Waals surface area contributed by atoms with Gasteiger partial charge in [-0.05, 0) is 68.3 Å². The van der Waals surface area contributed by atoms with Crippen LogP contribution in [0, 0.1) is 0 Å². The van der Waals surface area contributed by atoms with Crippen molar-refractivity contribution >= 4 is 10.8 Å². The van der Waals surface area contributed by atoms with Gasteiger partial charge < -0.3 is 0 Å². The summed E-state index contributed by atoms with van der Waals surface area (Å²) in [6.45, 7) is 11.4. The van der Waals surface area contributed by atoms with E-state index in [0.29, 0.717) is 5.92 Å². The number of benzene rings is 3. The SMILES string of the molecule is CC(C)c1cc(-c2ccc3c(c2)CC3)c2cc(C(C)(C)C)ccc2c1. The minimum atomic E-state index is 0.169. The fraction of sp³-hybridized carbons (Fsp3) is 0.360. The van der Waals surface area contributed by atoms with E-state index >= 15 is 0 Å². The van der Waals surface area contributed by atoms with Crippen LogP contribution in [0.1, 0.15) is 62.8 Å². The van der Waals surface area contributed by atoms with Gasteiger partial charge in [0.1, 0.15) is 0 Å². The molecule has 1 aliphatic carbocycles. The van der Waals surface area contributed by atoms with E-state index in [4.69, 9.17) is 0 Å². The lowest BCUT2D eigenvalue weighted by Crippen LogP contribution is -2.10. The smallest absolute Gasteiger partial charge is 0.0102 e. The number of hydrogen-bond donors (Lipinski definition) is 0. The van der Waals surface area contributed by atoms with Crippen LogP contribution in [-0.2, 0) is 18.3 Å². The van der Waals surface area contributed by atoms with Crippen LogP contribution in [0.4, 0.5) is 0 Å². The maximum Gasteiger partial charge on any atom is -0.0102 e. The fourth-order valence-corrected chi connectivity index (χ4v) is 3.78.